The van der Waals surface area contributed by atoms with Crippen LogP contribution in [0.4, 0.5) is 0 Å². The van der Waals surface area contributed by atoms with Crippen LogP contribution in [0, 0.1) is 13.8 Å². The number of furan rings is 1. The number of rotatable bonds is 9. The van der Waals surface area contributed by atoms with Gasteiger partial charge >= 0.3 is 0 Å². The monoisotopic (exact) mass is 365 g/mol. The predicted octanol–water partition coefficient (Wildman–Crippen LogP) is 3.39. The van der Waals surface area contributed by atoms with Crippen LogP contribution in [0.25, 0.3) is 0 Å². The summed E-state index contributed by atoms with van der Waals surface area (Å²) < 4.78 is 5.27. The number of aromatic nitrogens is 2. The van der Waals surface area contributed by atoms with Crippen molar-refractivity contribution in [2.24, 2.45) is 0 Å². The first-order valence-electron chi connectivity index (χ1n) is 7.85. The van der Waals surface area contributed by atoms with E-state index in [9.17, 15) is 4.79 Å². The number of hydrogen-bond acceptors (Lipinski definition) is 6. The van der Waals surface area contributed by atoms with Gasteiger partial charge in [-0.25, -0.2) is 9.97 Å². The van der Waals surface area contributed by atoms with Gasteiger partial charge < -0.3 is 9.73 Å². The molecule has 0 aromatic carbocycles. The lowest BCUT2D eigenvalue weighted by atomic mass is 10.1. The SMILES string of the molecule is CSc1nc(C)c(CCC(=O)NCCSCc2ccco2)c(C)n1. The van der Waals surface area contributed by atoms with Crippen LogP contribution < -0.4 is 5.32 Å². The Labute approximate surface area is 151 Å². The van der Waals surface area contributed by atoms with Gasteiger partial charge in [0.05, 0.1) is 12.0 Å². The fourth-order valence-electron chi connectivity index (χ4n) is 2.32. The van der Waals surface area contributed by atoms with E-state index in [1.54, 1.807) is 18.0 Å². The maximum atomic E-state index is 12.0. The fourth-order valence-corrected chi connectivity index (χ4v) is 3.53. The number of amides is 1. The molecule has 7 heteroatoms. The highest BCUT2D eigenvalue weighted by Crippen LogP contribution is 2.17. The van der Waals surface area contributed by atoms with Gasteiger partial charge in [0, 0.05) is 30.1 Å². The van der Waals surface area contributed by atoms with Crippen LogP contribution in [0.15, 0.2) is 28.0 Å². The molecule has 1 amide bonds. The molecule has 130 valence electrons. The summed E-state index contributed by atoms with van der Waals surface area (Å²) in [5, 5.41) is 3.74. The van der Waals surface area contributed by atoms with E-state index in [1.165, 1.54) is 11.8 Å². The summed E-state index contributed by atoms with van der Waals surface area (Å²) in [7, 11) is 0. The second-order valence-electron chi connectivity index (χ2n) is 5.34. The van der Waals surface area contributed by atoms with E-state index in [0.717, 1.165) is 39.4 Å². The zero-order chi connectivity index (χ0) is 17.4. The highest BCUT2D eigenvalue weighted by atomic mass is 32.2. The Morgan fingerprint density at radius 3 is 2.67 bits per heavy atom. The third-order valence-electron chi connectivity index (χ3n) is 3.58. The number of thioether (sulfide) groups is 2. The van der Waals surface area contributed by atoms with Gasteiger partial charge in [-0.3, -0.25) is 4.79 Å². The molecule has 5 nitrogen and oxygen atoms in total. The van der Waals surface area contributed by atoms with Crippen LogP contribution in [0.5, 0.6) is 0 Å². The summed E-state index contributed by atoms with van der Waals surface area (Å²) in [6.07, 6.45) is 4.78. The van der Waals surface area contributed by atoms with E-state index in [0.29, 0.717) is 19.4 Å². The molecule has 0 spiro atoms. The fraction of sp³-hybridized carbons (Fsp3) is 0.471. The van der Waals surface area contributed by atoms with Crippen molar-refractivity contribution in [2.45, 2.75) is 37.6 Å². The quantitative estimate of drug-likeness (QED) is 0.417. The third-order valence-corrected chi connectivity index (χ3v) is 5.11. The molecule has 2 rings (SSSR count). The van der Waals surface area contributed by atoms with Gasteiger partial charge in [-0.1, -0.05) is 11.8 Å². The molecule has 0 fully saturated rings. The number of carbonyl (C=O) groups excluding carboxylic acids is 1. The van der Waals surface area contributed by atoms with Gasteiger partial charge in [0.2, 0.25) is 5.91 Å². The summed E-state index contributed by atoms with van der Waals surface area (Å²) >= 11 is 3.28. The van der Waals surface area contributed by atoms with Crippen molar-refractivity contribution < 1.29 is 9.21 Å². The molecular weight excluding hydrogens is 342 g/mol. The zero-order valence-corrected chi connectivity index (χ0v) is 15.9. The van der Waals surface area contributed by atoms with Crippen molar-refractivity contribution >= 4 is 29.4 Å². The van der Waals surface area contributed by atoms with Crippen molar-refractivity contribution in [3.05, 3.63) is 41.1 Å². The first-order chi connectivity index (χ1) is 11.6. The minimum absolute atomic E-state index is 0.0707. The summed E-state index contributed by atoms with van der Waals surface area (Å²) in [6, 6.07) is 3.84. The standard InChI is InChI=1S/C17H23N3O2S2/c1-12-15(13(2)20-17(19-12)23-3)6-7-16(21)18-8-10-24-11-14-5-4-9-22-14/h4-5,9H,6-8,10-11H2,1-3H3,(H,18,21). The average molecular weight is 366 g/mol. The summed E-state index contributed by atoms with van der Waals surface area (Å²) in [6.45, 7) is 4.63. The van der Waals surface area contributed by atoms with Gasteiger partial charge in [0.25, 0.3) is 0 Å². The van der Waals surface area contributed by atoms with Crippen molar-refractivity contribution in [1.82, 2.24) is 15.3 Å². The molecule has 0 aliphatic rings. The highest BCUT2D eigenvalue weighted by Gasteiger charge is 2.10. The molecule has 0 radical (unpaired) electrons. The van der Waals surface area contributed by atoms with Crippen LogP contribution in [-0.2, 0) is 17.0 Å². The molecule has 0 saturated carbocycles. The Morgan fingerprint density at radius 2 is 2.04 bits per heavy atom. The molecule has 2 aromatic heterocycles. The predicted molar refractivity (Wildman–Crippen MR) is 99.5 cm³/mol. The van der Waals surface area contributed by atoms with Crippen LogP contribution >= 0.6 is 23.5 Å². The number of aryl methyl sites for hydroxylation is 2. The molecule has 2 aromatic rings. The maximum absolute atomic E-state index is 12.0. The van der Waals surface area contributed by atoms with E-state index >= 15 is 0 Å². The molecule has 0 bridgehead atoms. The molecule has 1 N–H and O–H groups in total. The zero-order valence-electron chi connectivity index (χ0n) is 14.3. The van der Waals surface area contributed by atoms with Crippen molar-refractivity contribution in [3.8, 4) is 0 Å². The van der Waals surface area contributed by atoms with E-state index in [4.69, 9.17) is 4.42 Å². The van der Waals surface area contributed by atoms with E-state index in [-0.39, 0.29) is 5.91 Å². The third kappa shape index (κ3) is 5.87. The average Bonchev–Trinajstić information content (AvgIpc) is 3.06. The van der Waals surface area contributed by atoms with Gasteiger partial charge in [-0.2, -0.15) is 11.8 Å². The Hall–Kier alpha value is -1.47. The lowest BCUT2D eigenvalue weighted by molar-refractivity contribution is -0.120. The van der Waals surface area contributed by atoms with E-state index in [2.05, 4.69) is 15.3 Å². The number of carbonyl (C=O) groups is 1. The Morgan fingerprint density at radius 1 is 1.29 bits per heavy atom. The van der Waals surface area contributed by atoms with Gasteiger partial charge in [-0.15, -0.1) is 0 Å². The molecule has 0 aliphatic heterocycles. The van der Waals surface area contributed by atoms with E-state index in [1.807, 2.05) is 32.2 Å². The normalized spacial score (nSPS) is 10.8. The second kappa shape index (κ2) is 9.74. The summed E-state index contributed by atoms with van der Waals surface area (Å²) in [5.74, 6) is 2.74. The Bertz CT molecular complexity index is 637. The maximum Gasteiger partial charge on any atom is 0.220 e. The van der Waals surface area contributed by atoms with Gasteiger partial charge in [0.1, 0.15) is 5.76 Å². The summed E-state index contributed by atoms with van der Waals surface area (Å²) in [4.78, 5) is 20.9. The molecule has 0 atom stereocenters. The minimum Gasteiger partial charge on any atom is -0.468 e. The lowest BCUT2D eigenvalue weighted by Gasteiger charge is -2.10. The second-order valence-corrected chi connectivity index (χ2v) is 7.22. The summed E-state index contributed by atoms with van der Waals surface area (Å²) in [5.41, 5.74) is 3.01. The van der Waals surface area contributed by atoms with Crippen LogP contribution in [0.3, 0.4) is 0 Å². The molecule has 24 heavy (non-hydrogen) atoms. The molecule has 0 aliphatic carbocycles. The van der Waals surface area contributed by atoms with Crippen LogP contribution in [0.1, 0.15) is 29.1 Å². The number of nitrogens with zero attached hydrogens (tertiary/aromatic N) is 2. The first-order valence-corrected chi connectivity index (χ1v) is 10.2. The molecule has 0 saturated heterocycles. The molecular formula is C17H23N3O2S2. The topological polar surface area (TPSA) is 68.0 Å². The van der Waals surface area contributed by atoms with Crippen molar-refractivity contribution in [2.75, 3.05) is 18.6 Å². The number of nitrogens with one attached hydrogen (secondary N) is 1. The molecule has 0 unspecified atom stereocenters. The van der Waals surface area contributed by atoms with E-state index < -0.39 is 0 Å². The smallest absolute Gasteiger partial charge is 0.220 e. The van der Waals surface area contributed by atoms with Crippen LogP contribution in [0.2, 0.25) is 0 Å². The minimum atomic E-state index is 0.0707. The largest absolute Gasteiger partial charge is 0.468 e. The lowest BCUT2D eigenvalue weighted by Crippen LogP contribution is -2.26. The number of hydrogen-bond donors (Lipinski definition) is 1. The van der Waals surface area contributed by atoms with Crippen molar-refractivity contribution in [1.29, 1.82) is 0 Å². The van der Waals surface area contributed by atoms with Gasteiger partial charge in [-0.05, 0) is 44.2 Å². The van der Waals surface area contributed by atoms with Crippen molar-refractivity contribution in [3.63, 3.8) is 0 Å². The molecule has 2 heterocycles. The Kier molecular flexibility index (Phi) is 7.65. The first kappa shape index (κ1) is 18.9. The van der Waals surface area contributed by atoms with Crippen LogP contribution in [-0.4, -0.2) is 34.4 Å². The highest BCUT2D eigenvalue weighted by molar-refractivity contribution is 7.98. The Balaban J connectivity index is 1.68. The van der Waals surface area contributed by atoms with Gasteiger partial charge in [0.15, 0.2) is 5.16 Å².